The van der Waals surface area contributed by atoms with Crippen molar-refractivity contribution in [2.24, 2.45) is 5.92 Å². The van der Waals surface area contributed by atoms with Crippen molar-refractivity contribution in [1.29, 1.82) is 0 Å². The quantitative estimate of drug-likeness (QED) is 0.441. The molecule has 1 saturated carbocycles. The summed E-state index contributed by atoms with van der Waals surface area (Å²) in [5.41, 5.74) is -0.635. The molecule has 0 radical (unpaired) electrons. The van der Waals surface area contributed by atoms with Crippen molar-refractivity contribution in [3.63, 3.8) is 0 Å². The Balaban J connectivity index is 1.70. The molecular formula is C23H30N4O6S. The Kier molecular flexibility index (Phi) is 6.85. The lowest BCUT2D eigenvalue weighted by atomic mass is 9.86. The molecule has 1 fully saturated rings. The molecule has 2 heterocycles. The highest BCUT2D eigenvalue weighted by atomic mass is 32.2. The fourth-order valence-corrected chi connectivity index (χ4v) is 5.66. The van der Waals surface area contributed by atoms with Gasteiger partial charge in [0.2, 0.25) is 21.8 Å². The van der Waals surface area contributed by atoms with Crippen LogP contribution in [-0.4, -0.2) is 53.9 Å². The Morgan fingerprint density at radius 2 is 1.82 bits per heavy atom. The van der Waals surface area contributed by atoms with Crippen LogP contribution in [0.5, 0.6) is 11.5 Å². The van der Waals surface area contributed by atoms with Crippen LogP contribution in [0.25, 0.3) is 17.3 Å². The van der Waals surface area contributed by atoms with Gasteiger partial charge in [-0.15, -0.1) is 10.2 Å². The zero-order valence-corrected chi connectivity index (χ0v) is 20.3. The lowest BCUT2D eigenvalue weighted by molar-refractivity contribution is -0.00118. The summed E-state index contributed by atoms with van der Waals surface area (Å²) in [4.78, 5) is 0. The molecule has 1 atom stereocenters. The minimum absolute atomic E-state index is 0.0466. The van der Waals surface area contributed by atoms with Crippen molar-refractivity contribution in [3.05, 3.63) is 36.6 Å². The summed E-state index contributed by atoms with van der Waals surface area (Å²) < 4.78 is 46.7. The molecule has 11 heteroatoms. The lowest BCUT2D eigenvalue weighted by Crippen LogP contribution is -2.36. The second kappa shape index (κ2) is 9.67. The first kappa shape index (κ1) is 24.1. The van der Waals surface area contributed by atoms with Gasteiger partial charge in [0, 0.05) is 0 Å². The van der Waals surface area contributed by atoms with Gasteiger partial charge in [-0.3, -0.25) is 9.29 Å². The van der Waals surface area contributed by atoms with E-state index in [-0.39, 0.29) is 29.9 Å². The number of rotatable bonds is 10. The van der Waals surface area contributed by atoms with Gasteiger partial charge in [0.05, 0.1) is 31.8 Å². The molecule has 2 N–H and O–H groups in total. The average molecular weight is 491 g/mol. The van der Waals surface area contributed by atoms with Crippen molar-refractivity contribution >= 4 is 16.0 Å². The summed E-state index contributed by atoms with van der Waals surface area (Å²) in [6.07, 6.45) is 5.55. The monoisotopic (exact) mass is 490 g/mol. The third-order valence-electron chi connectivity index (χ3n) is 6.39. The maximum atomic E-state index is 13.1. The molecule has 1 aromatic carbocycles. The summed E-state index contributed by atoms with van der Waals surface area (Å²) in [7, 11) is -0.860. The Hall–Kier alpha value is -3.05. The predicted molar refractivity (Wildman–Crippen MR) is 127 cm³/mol. The van der Waals surface area contributed by atoms with E-state index < -0.39 is 15.6 Å². The highest BCUT2D eigenvalue weighted by molar-refractivity contribution is 7.92. The van der Waals surface area contributed by atoms with Crippen molar-refractivity contribution in [2.75, 3.05) is 24.7 Å². The Morgan fingerprint density at radius 1 is 1.15 bits per heavy atom. The number of para-hydroxylation sites is 1. The minimum Gasteiger partial charge on any atom is -0.494 e. The maximum absolute atomic E-state index is 13.1. The van der Waals surface area contributed by atoms with Crippen molar-refractivity contribution in [3.8, 4) is 28.8 Å². The van der Waals surface area contributed by atoms with E-state index in [1.165, 1.54) is 25.0 Å². The highest BCUT2D eigenvalue weighted by Gasteiger charge is 2.35. The van der Waals surface area contributed by atoms with Crippen molar-refractivity contribution < 1.29 is 27.4 Å². The van der Waals surface area contributed by atoms with E-state index in [9.17, 15) is 13.5 Å². The number of benzene rings is 1. The number of nitrogens with one attached hydrogen (secondary N) is 1. The van der Waals surface area contributed by atoms with Crippen LogP contribution in [0.1, 0.15) is 39.0 Å². The van der Waals surface area contributed by atoms with E-state index in [1.807, 2.05) is 0 Å². The second-order valence-corrected chi connectivity index (χ2v) is 10.5. The van der Waals surface area contributed by atoms with Crippen LogP contribution in [0.2, 0.25) is 0 Å². The first-order valence-electron chi connectivity index (χ1n) is 11.2. The summed E-state index contributed by atoms with van der Waals surface area (Å²) in [6, 6.07) is 8.59. The number of methoxy groups -OCH3 is 2. The van der Waals surface area contributed by atoms with Gasteiger partial charge >= 0.3 is 0 Å². The van der Waals surface area contributed by atoms with Gasteiger partial charge in [0.15, 0.2) is 5.76 Å². The van der Waals surface area contributed by atoms with E-state index in [4.69, 9.17) is 13.9 Å². The number of hydrogen-bond donors (Lipinski definition) is 2. The van der Waals surface area contributed by atoms with Crippen LogP contribution < -0.4 is 14.2 Å². The van der Waals surface area contributed by atoms with E-state index >= 15 is 0 Å². The summed E-state index contributed by atoms with van der Waals surface area (Å²) in [5.74, 6) is 1.30. The standard InChI is InChI=1S/C23H30N4O6S/c1-23(28,16-8-4-5-9-16)13-15-34(29,30)26-22-25-24-21(19-12-7-14-33-19)27(22)20-17(31-2)10-6-11-18(20)32-3/h6-7,10-12,14,16,28H,4-5,8-9,13,15H2,1-3H3,(H,25,26). The van der Waals surface area contributed by atoms with Crippen LogP contribution in [0, 0.1) is 5.92 Å². The van der Waals surface area contributed by atoms with Gasteiger partial charge in [-0.2, -0.15) is 0 Å². The van der Waals surface area contributed by atoms with Crippen molar-refractivity contribution in [1.82, 2.24) is 14.8 Å². The van der Waals surface area contributed by atoms with Crippen LogP contribution >= 0.6 is 0 Å². The molecule has 4 rings (SSSR count). The fourth-order valence-electron chi connectivity index (χ4n) is 4.46. The van der Waals surface area contributed by atoms with Gasteiger partial charge in [-0.25, -0.2) is 8.42 Å². The number of nitrogens with zero attached hydrogens (tertiary/aromatic N) is 3. The number of ether oxygens (including phenoxy) is 2. The van der Waals surface area contributed by atoms with Gasteiger partial charge in [0.25, 0.3) is 0 Å². The van der Waals surface area contributed by atoms with Gasteiger partial charge in [-0.05, 0) is 56.4 Å². The zero-order chi connectivity index (χ0) is 24.3. The van der Waals surface area contributed by atoms with E-state index in [2.05, 4.69) is 14.9 Å². The van der Waals surface area contributed by atoms with Gasteiger partial charge in [0.1, 0.15) is 17.2 Å². The van der Waals surface area contributed by atoms with Crippen molar-refractivity contribution in [2.45, 2.75) is 44.6 Å². The summed E-state index contributed by atoms with van der Waals surface area (Å²) >= 11 is 0. The molecule has 2 aromatic heterocycles. The van der Waals surface area contributed by atoms with E-state index in [0.717, 1.165) is 25.7 Å². The normalized spacial score (nSPS) is 16.4. The third-order valence-corrected chi connectivity index (χ3v) is 7.62. The van der Waals surface area contributed by atoms with E-state index in [0.29, 0.717) is 22.9 Å². The first-order valence-corrected chi connectivity index (χ1v) is 12.8. The largest absolute Gasteiger partial charge is 0.494 e. The van der Waals surface area contributed by atoms with Crippen LogP contribution in [0.4, 0.5) is 5.95 Å². The molecule has 1 unspecified atom stereocenters. The van der Waals surface area contributed by atoms with Crippen LogP contribution in [0.15, 0.2) is 41.0 Å². The molecule has 1 aliphatic carbocycles. The summed E-state index contributed by atoms with van der Waals surface area (Å²) in [6.45, 7) is 1.72. The van der Waals surface area contributed by atoms with Gasteiger partial charge in [-0.1, -0.05) is 18.9 Å². The minimum atomic E-state index is -3.87. The molecule has 34 heavy (non-hydrogen) atoms. The molecule has 0 spiro atoms. The average Bonchev–Trinajstić information content (AvgIpc) is 3.59. The Bertz CT molecular complexity index is 1190. The molecule has 3 aromatic rings. The van der Waals surface area contributed by atoms with Crippen LogP contribution in [-0.2, 0) is 10.0 Å². The smallest absolute Gasteiger partial charge is 0.243 e. The lowest BCUT2D eigenvalue weighted by Gasteiger charge is -2.30. The molecule has 0 amide bonds. The molecular weight excluding hydrogens is 460 g/mol. The Morgan fingerprint density at radius 3 is 2.41 bits per heavy atom. The number of anilines is 1. The third kappa shape index (κ3) is 4.90. The molecule has 0 bridgehead atoms. The predicted octanol–water partition coefficient (Wildman–Crippen LogP) is 3.62. The molecule has 10 nitrogen and oxygen atoms in total. The first-order chi connectivity index (χ1) is 16.3. The molecule has 0 aliphatic heterocycles. The van der Waals surface area contributed by atoms with Crippen LogP contribution in [0.3, 0.4) is 0 Å². The summed E-state index contributed by atoms with van der Waals surface area (Å²) in [5, 5.41) is 19.1. The molecule has 1 aliphatic rings. The fraction of sp³-hybridized carbons (Fsp3) is 0.478. The topological polar surface area (TPSA) is 129 Å². The molecule has 184 valence electrons. The maximum Gasteiger partial charge on any atom is 0.243 e. The van der Waals surface area contributed by atoms with Gasteiger partial charge < -0.3 is 19.0 Å². The highest BCUT2D eigenvalue weighted by Crippen LogP contribution is 2.38. The zero-order valence-electron chi connectivity index (χ0n) is 19.5. The molecule has 0 saturated heterocycles. The number of aliphatic hydroxyl groups is 1. The van der Waals surface area contributed by atoms with E-state index in [1.54, 1.807) is 37.3 Å². The number of furan rings is 1. The number of aromatic nitrogens is 3. The number of hydrogen-bond acceptors (Lipinski definition) is 8. The Labute approximate surface area is 199 Å². The SMILES string of the molecule is COc1cccc(OC)c1-n1c(NS(=O)(=O)CCC(C)(O)C2CCCC2)nnc1-c1ccco1. The number of sulfonamides is 1. The second-order valence-electron chi connectivity index (χ2n) is 8.68.